The standard InChI is InChI=1S/C13H21N3O/c1-10-5-7-15-12(8-10)13(17)16-9-11-4-2-3-6-14-11/h5,7-8,11-12,14-15H,2-4,6,9H2,1H3,(H,16,17). The molecule has 1 amide bonds. The lowest BCUT2D eigenvalue weighted by Crippen LogP contribution is -2.48. The van der Waals surface area contributed by atoms with E-state index in [1.807, 2.05) is 25.3 Å². The Morgan fingerprint density at radius 1 is 1.53 bits per heavy atom. The van der Waals surface area contributed by atoms with Gasteiger partial charge < -0.3 is 16.0 Å². The average molecular weight is 235 g/mol. The van der Waals surface area contributed by atoms with Crippen LogP contribution in [0.2, 0.25) is 0 Å². The molecule has 4 heteroatoms. The van der Waals surface area contributed by atoms with Gasteiger partial charge in [-0.05, 0) is 44.7 Å². The summed E-state index contributed by atoms with van der Waals surface area (Å²) in [6.45, 7) is 3.80. The molecule has 0 bridgehead atoms. The summed E-state index contributed by atoms with van der Waals surface area (Å²) in [5.41, 5.74) is 1.12. The summed E-state index contributed by atoms with van der Waals surface area (Å²) in [6.07, 6.45) is 9.42. The summed E-state index contributed by atoms with van der Waals surface area (Å²) in [5, 5.41) is 9.47. The van der Waals surface area contributed by atoms with E-state index in [-0.39, 0.29) is 11.9 Å². The Kier molecular flexibility index (Phi) is 4.20. The molecule has 0 aliphatic carbocycles. The molecule has 0 radical (unpaired) electrons. The number of carbonyl (C=O) groups is 1. The lowest BCUT2D eigenvalue weighted by Gasteiger charge is -2.25. The Labute approximate surface area is 103 Å². The summed E-state index contributed by atoms with van der Waals surface area (Å²) >= 11 is 0. The molecule has 1 fully saturated rings. The van der Waals surface area contributed by atoms with E-state index in [1.165, 1.54) is 12.8 Å². The minimum absolute atomic E-state index is 0.0565. The molecule has 4 nitrogen and oxygen atoms in total. The zero-order valence-corrected chi connectivity index (χ0v) is 10.3. The number of rotatable bonds is 3. The monoisotopic (exact) mass is 235 g/mol. The first-order valence-corrected chi connectivity index (χ1v) is 6.38. The highest BCUT2D eigenvalue weighted by Crippen LogP contribution is 2.07. The number of carbonyl (C=O) groups excluding carboxylic acids is 1. The molecule has 2 rings (SSSR count). The number of hydrogen-bond acceptors (Lipinski definition) is 3. The SMILES string of the molecule is CC1=CC(C(=O)NCC2CCCCN2)NC=C1. The van der Waals surface area contributed by atoms with E-state index in [2.05, 4.69) is 16.0 Å². The van der Waals surface area contributed by atoms with E-state index in [9.17, 15) is 4.79 Å². The van der Waals surface area contributed by atoms with Crippen LogP contribution in [0.3, 0.4) is 0 Å². The van der Waals surface area contributed by atoms with Crippen molar-refractivity contribution in [1.82, 2.24) is 16.0 Å². The number of dihydropyridines is 1. The minimum atomic E-state index is -0.219. The highest BCUT2D eigenvalue weighted by atomic mass is 16.2. The summed E-state index contributed by atoms with van der Waals surface area (Å²) in [5.74, 6) is 0.0565. The molecule has 2 unspecified atom stereocenters. The van der Waals surface area contributed by atoms with E-state index in [0.717, 1.165) is 25.1 Å². The van der Waals surface area contributed by atoms with Gasteiger partial charge in [0.2, 0.25) is 5.91 Å². The fourth-order valence-corrected chi connectivity index (χ4v) is 2.23. The molecule has 17 heavy (non-hydrogen) atoms. The topological polar surface area (TPSA) is 53.2 Å². The van der Waals surface area contributed by atoms with Gasteiger partial charge in [0, 0.05) is 12.6 Å². The molecule has 0 aromatic heterocycles. The van der Waals surface area contributed by atoms with Gasteiger partial charge in [0.15, 0.2) is 0 Å². The van der Waals surface area contributed by atoms with Gasteiger partial charge in [0.1, 0.15) is 6.04 Å². The van der Waals surface area contributed by atoms with E-state index in [4.69, 9.17) is 0 Å². The van der Waals surface area contributed by atoms with Crippen molar-refractivity contribution in [2.75, 3.05) is 13.1 Å². The maximum absolute atomic E-state index is 11.9. The van der Waals surface area contributed by atoms with Crippen LogP contribution in [-0.2, 0) is 4.79 Å². The van der Waals surface area contributed by atoms with Gasteiger partial charge in [0.05, 0.1) is 0 Å². The fourth-order valence-electron chi connectivity index (χ4n) is 2.23. The number of nitrogens with one attached hydrogen (secondary N) is 3. The maximum atomic E-state index is 11.9. The molecule has 0 aromatic rings. The van der Waals surface area contributed by atoms with Crippen LogP contribution in [0.5, 0.6) is 0 Å². The van der Waals surface area contributed by atoms with E-state index >= 15 is 0 Å². The molecule has 2 atom stereocenters. The van der Waals surface area contributed by atoms with Gasteiger partial charge >= 0.3 is 0 Å². The normalized spacial score (nSPS) is 28.2. The van der Waals surface area contributed by atoms with Crippen molar-refractivity contribution in [2.45, 2.75) is 38.3 Å². The first-order valence-electron chi connectivity index (χ1n) is 6.38. The van der Waals surface area contributed by atoms with Crippen LogP contribution >= 0.6 is 0 Å². The molecule has 3 N–H and O–H groups in total. The van der Waals surface area contributed by atoms with Crippen LogP contribution in [0.25, 0.3) is 0 Å². The van der Waals surface area contributed by atoms with Crippen molar-refractivity contribution in [3.05, 3.63) is 23.9 Å². The second kappa shape index (κ2) is 5.87. The van der Waals surface area contributed by atoms with E-state index in [1.54, 1.807) is 0 Å². The van der Waals surface area contributed by atoms with Gasteiger partial charge in [0.25, 0.3) is 0 Å². The molecular weight excluding hydrogens is 214 g/mol. The van der Waals surface area contributed by atoms with Crippen LogP contribution in [0.4, 0.5) is 0 Å². The predicted molar refractivity (Wildman–Crippen MR) is 68.5 cm³/mol. The fraction of sp³-hybridized carbons (Fsp3) is 0.615. The molecule has 1 saturated heterocycles. The summed E-state index contributed by atoms with van der Waals surface area (Å²) in [6, 6.07) is 0.223. The van der Waals surface area contributed by atoms with Crippen molar-refractivity contribution in [3.63, 3.8) is 0 Å². The predicted octanol–water partition coefficient (Wildman–Crippen LogP) is 0.676. The number of allylic oxidation sites excluding steroid dienone is 2. The van der Waals surface area contributed by atoms with Crippen molar-refractivity contribution in [1.29, 1.82) is 0 Å². The largest absolute Gasteiger partial charge is 0.377 e. The molecule has 2 aliphatic heterocycles. The maximum Gasteiger partial charge on any atom is 0.246 e. The van der Waals surface area contributed by atoms with E-state index < -0.39 is 0 Å². The molecule has 2 aliphatic rings. The Morgan fingerprint density at radius 3 is 3.12 bits per heavy atom. The third-order valence-corrected chi connectivity index (χ3v) is 3.27. The van der Waals surface area contributed by atoms with Crippen LogP contribution in [0.1, 0.15) is 26.2 Å². The number of amides is 1. The summed E-state index contributed by atoms with van der Waals surface area (Å²) in [4.78, 5) is 11.9. The molecule has 2 heterocycles. The molecular formula is C13H21N3O. The first kappa shape index (κ1) is 12.2. The van der Waals surface area contributed by atoms with Gasteiger partial charge in [-0.2, -0.15) is 0 Å². The second-order valence-electron chi connectivity index (χ2n) is 4.78. The summed E-state index contributed by atoms with van der Waals surface area (Å²) < 4.78 is 0. The zero-order valence-electron chi connectivity index (χ0n) is 10.3. The Balaban J connectivity index is 1.75. The van der Waals surface area contributed by atoms with Crippen molar-refractivity contribution >= 4 is 5.91 Å². The Hall–Kier alpha value is -1.29. The first-order chi connectivity index (χ1) is 8.25. The molecule has 94 valence electrons. The van der Waals surface area contributed by atoms with Crippen molar-refractivity contribution in [2.24, 2.45) is 0 Å². The van der Waals surface area contributed by atoms with Gasteiger partial charge in [-0.25, -0.2) is 0 Å². The van der Waals surface area contributed by atoms with Crippen LogP contribution < -0.4 is 16.0 Å². The van der Waals surface area contributed by atoms with Crippen LogP contribution in [0.15, 0.2) is 23.9 Å². The highest BCUT2D eigenvalue weighted by molar-refractivity contribution is 5.84. The quantitative estimate of drug-likeness (QED) is 0.674. The van der Waals surface area contributed by atoms with Crippen molar-refractivity contribution in [3.8, 4) is 0 Å². The van der Waals surface area contributed by atoms with Gasteiger partial charge in [-0.15, -0.1) is 0 Å². The van der Waals surface area contributed by atoms with E-state index in [0.29, 0.717) is 6.04 Å². The average Bonchev–Trinajstić information content (AvgIpc) is 2.37. The summed E-state index contributed by atoms with van der Waals surface area (Å²) in [7, 11) is 0. The van der Waals surface area contributed by atoms with Crippen LogP contribution in [-0.4, -0.2) is 31.1 Å². The van der Waals surface area contributed by atoms with Crippen LogP contribution in [0, 0.1) is 0 Å². The number of hydrogen-bond donors (Lipinski definition) is 3. The van der Waals surface area contributed by atoms with Gasteiger partial charge in [-0.1, -0.05) is 12.0 Å². The lowest BCUT2D eigenvalue weighted by molar-refractivity contribution is -0.122. The number of piperidine rings is 1. The second-order valence-corrected chi connectivity index (χ2v) is 4.78. The smallest absolute Gasteiger partial charge is 0.246 e. The third kappa shape index (κ3) is 3.60. The molecule has 0 saturated carbocycles. The van der Waals surface area contributed by atoms with Crippen molar-refractivity contribution < 1.29 is 4.79 Å². The minimum Gasteiger partial charge on any atom is -0.377 e. The van der Waals surface area contributed by atoms with Gasteiger partial charge in [-0.3, -0.25) is 4.79 Å². The Bertz CT molecular complexity index is 330. The lowest BCUT2D eigenvalue weighted by atomic mass is 10.0. The zero-order chi connectivity index (χ0) is 12.1. The molecule has 0 aromatic carbocycles. The Morgan fingerprint density at radius 2 is 2.41 bits per heavy atom. The third-order valence-electron chi connectivity index (χ3n) is 3.27. The molecule has 0 spiro atoms. The highest BCUT2D eigenvalue weighted by Gasteiger charge is 2.18.